The van der Waals surface area contributed by atoms with Gasteiger partial charge in [0.15, 0.2) is 0 Å². The van der Waals surface area contributed by atoms with E-state index in [4.69, 9.17) is 9.97 Å². The van der Waals surface area contributed by atoms with E-state index in [0.717, 1.165) is 50.9 Å². The smallest absolute Gasteiger partial charge is 0.0973 e. The molecule has 2 aromatic heterocycles. The molecule has 130 valence electrons. The molecule has 0 unspecified atom stereocenters. The normalized spacial score (nSPS) is 11.3. The van der Waals surface area contributed by atoms with Crippen molar-refractivity contribution >= 4 is 21.9 Å². The maximum atomic E-state index is 5.00. The molecule has 0 aliphatic heterocycles. The van der Waals surface area contributed by atoms with Gasteiger partial charge in [-0.05, 0) is 24.1 Å². The molecule has 5 aromatic rings. The highest BCUT2D eigenvalue weighted by Gasteiger charge is 2.14. The minimum Gasteiger partial charge on any atom is -0.278 e. The van der Waals surface area contributed by atoms with Crippen LogP contribution in [0.1, 0.15) is 12.5 Å². The van der Waals surface area contributed by atoms with Crippen molar-refractivity contribution in [3.63, 3.8) is 0 Å². The number of H-pyrrole nitrogens is 1. The molecule has 1 N–H and O–H groups in total. The van der Waals surface area contributed by atoms with Gasteiger partial charge in [0, 0.05) is 16.5 Å². The Morgan fingerprint density at radius 1 is 0.778 bits per heavy atom. The molecular formula is C23H18N4. The van der Waals surface area contributed by atoms with Crippen molar-refractivity contribution in [2.75, 3.05) is 0 Å². The molecule has 0 bridgehead atoms. The molecule has 0 saturated carbocycles. The molecule has 0 fully saturated rings. The lowest BCUT2D eigenvalue weighted by Crippen LogP contribution is -1.96. The van der Waals surface area contributed by atoms with Crippen LogP contribution in [-0.2, 0) is 6.42 Å². The molecule has 27 heavy (non-hydrogen) atoms. The summed E-state index contributed by atoms with van der Waals surface area (Å²) in [4.78, 5) is 9.99. The molecule has 0 atom stereocenters. The number of hydrogen-bond donors (Lipinski definition) is 1. The fourth-order valence-corrected chi connectivity index (χ4v) is 3.39. The standard InChI is InChI=1S/C23H18N4/c1-2-15-8-10-17(11-9-15)23-22(16-6-4-3-5-7-16)25-20-12-18-14-24-27-19(18)13-21(20)26-23/h3-14H,2H2,1H3,(H,24,27). The third-order valence-corrected chi connectivity index (χ3v) is 4.91. The number of hydrogen-bond acceptors (Lipinski definition) is 3. The summed E-state index contributed by atoms with van der Waals surface area (Å²) in [6.45, 7) is 2.16. The van der Waals surface area contributed by atoms with Gasteiger partial charge in [0.05, 0.1) is 34.1 Å². The largest absolute Gasteiger partial charge is 0.278 e. The third kappa shape index (κ3) is 2.75. The quantitative estimate of drug-likeness (QED) is 0.474. The van der Waals surface area contributed by atoms with Crippen LogP contribution in [0.15, 0.2) is 72.9 Å². The van der Waals surface area contributed by atoms with E-state index >= 15 is 0 Å². The first kappa shape index (κ1) is 15.7. The fourth-order valence-electron chi connectivity index (χ4n) is 3.39. The van der Waals surface area contributed by atoms with Crippen molar-refractivity contribution in [3.05, 3.63) is 78.5 Å². The van der Waals surface area contributed by atoms with E-state index < -0.39 is 0 Å². The average Bonchev–Trinajstić information content (AvgIpc) is 3.19. The van der Waals surface area contributed by atoms with Gasteiger partial charge in [-0.1, -0.05) is 61.5 Å². The minimum atomic E-state index is 0.862. The number of benzene rings is 3. The monoisotopic (exact) mass is 350 g/mol. The number of aromatic amines is 1. The van der Waals surface area contributed by atoms with Gasteiger partial charge in [0.1, 0.15) is 0 Å². The van der Waals surface area contributed by atoms with Crippen LogP contribution >= 0.6 is 0 Å². The first-order valence-corrected chi connectivity index (χ1v) is 9.11. The van der Waals surface area contributed by atoms with Gasteiger partial charge in [-0.25, -0.2) is 9.97 Å². The van der Waals surface area contributed by atoms with Gasteiger partial charge in [-0.3, -0.25) is 5.10 Å². The fraction of sp³-hybridized carbons (Fsp3) is 0.0870. The van der Waals surface area contributed by atoms with E-state index in [2.05, 4.69) is 53.5 Å². The van der Waals surface area contributed by atoms with Crippen LogP contribution in [0.3, 0.4) is 0 Å². The van der Waals surface area contributed by atoms with Crippen molar-refractivity contribution in [2.24, 2.45) is 0 Å². The van der Waals surface area contributed by atoms with Crippen molar-refractivity contribution in [2.45, 2.75) is 13.3 Å². The Morgan fingerprint density at radius 2 is 1.44 bits per heavy atom. The van der Waals surface area contributed by atoms with E-state index in [1.807, 2.05) is 36.5 Å². The SMILES string of the molecule is CCc1ccc(-c2nc3cc4[nH]ncc4cc3nc2-c2ccccc2)cc1. The topological polar surface area (TPSA) is 54.5 Å². The van der Waals surface area contributed by atoms with Gasteiger partial charge >= 0.3 is 0 Å². The van der Waals surface area contributed by atoms with E-state index in [9.17, 15) is 0 Å². The Morgan fingerprint density at radius 3 is 2.15 bits per heavy atom. The average molecular weight is 350 g/mol. The maximum Gasteiger partial charge on any atom is 0.0973 e. The number of nitrogens with one attached hydrogen (secondary N) is 1. The summed E-state index contributed by atoms with van der Waals surface area (Å²) in [5.41, 5.74) is 7.95. The number of rotatable bonds is 3. The second-order valence-corrected chi connectivity index (χ2v) is 6.64. The van der Waals surface area contributed by atoms with Crippen LogP contribution in [0.2, 0.25) is 0 Å². The molecule has 5 rings (SSSR count). The minimum absolute atomic E-state index is 0.862. The number of aromatic nitrogens is 4. The van der Waals surface area contributed by atoms with Crippen molar-refractivity contribution in [1.82, 2.24) is 20.2 Å². The second kappa shape index (κ2) is 6.32. The van der Waals surface area contributed by atoms with Crippen molar-refractivity contribution in [3.8, 4) is 22.5 Å². The Hall–Kier alpha value is -3.53. The zero-order valence-corrected chi connectivity index (χ0v) is 15.0. The molecule has 3 aromatic carbocycles. The van der Waals surface area contributed by atoms with Gasteiger partial charge in [0.25, 0.3) is 0 Å². The van der Waals surface area contributed by atoms with E-state index in [1.165, 1.54) is 5.56 Å². The highest BCUT2D eigenvalue weighted by atomic mass is 15.1. The highest BCUT2D eigenvalue weighted by Crippen LogP contribution is 2.32. The van der Waals surface area contributed by atoms with Gasteiger partial charge in [-0.2, -0.15) is 5.10 Å². The first-order chi connectivity index (χ1) is 13.3. The Bertz CT molecular complexity index is 1240. The van der Waals surface area contributed by atoms with E-state index in [-0.39, 0.29) is 0 Å². The molecule has 0 amide bonds. The molecule has 0 aliphatic carbocycles. The number of fused-ring (bicyclic) bond motifs is 2. The summed E-state index contributed by atoms with van der Waals surface area (Å²) in [6, 6.07) is 22.9. The zero-order chi connectivity index (χ0) is 18.2. The van der Waals surface area contributed by atoms with E-state index in [0.29, 0.717) is 0 Å². The van der Waals surface area contributed by atoms with Crippen LogP contribution in [0.5, 0.6) is 0 Å². The predicted molar refractivity (Wildman–Crippen MR) is 109 cm³/mol. The predicted octanol–water partition coefficient (Wildman–Crippen LogP) is 5.40. The lowest BCUT2D eigenvalue weighted by molar-refractivity contribution is 1.12. The molecule has 2 heterocycles. The molecular weight excluding hydrogens is 332 g/mol. The summed E-state index contributed by atoms with van der Waals surface area (Å²) in [5.74, 6) is 0. The maximum absolute atomic E-state index is 5.00. The molecule has 4 nitrogen and oxygen atoms in total. The van der Waals surface area contributed by atoms with Crippen LogP contribution in [0.4, 0.5) is 0 Å². The molecule has 0 saturated heterocycles. The first-order valence-electron chi connectivity index (χ1n) is 9.11. The number of aryl methyl sites for hydroxylation is 1. The lowest BCUT2D eigenvalue weighted by Gasteiger charge is -2.11. The number of nitrogens with zero attached hydrogens (tertiary/aromatic N) is 3. The van der Waals surface area contributed by atoms with Crippen molar-refractivity contribution in [1.29, 1.82) is 0 Å². The Balaban J connectivity index is 1.80. The lowest BCUT2D eigenvalue weighted by atomic mass is 10.0. The summed E-state index contributed by atoms with van der Waals surface area (Å²) in [6.07, 6.45) is 2.84. The molecule has 0 radical (unpaired) electrons. The molecule has 0 aliphatic rings. The second-order valence-electron chi connectivity index (χ2n) is 6.64. The van der Waals surface area contributed by atoms with Crippen LogP contribution in [0, 0.1) is 0 Å². The summed E-state index contributed by atoms with van der Waals surface area (Å²) < 4.78 is 0. The van der Waals surface area contributed by atoms with Gasteiger partial charge in [-0.15, -0.1) is 0 Å². The summed E-state index contributed by atoms with van der Waals surface area (Å²) in [5, 5.41) is 8.18. The van der Waals surface area contributed by atoms with Crippen LogP contribution < -0.4 is 0 Å². The zero-order valence-electron chi connectivity index (χ0n) is 15.0. The van der Waals surface area contributed by atoms with Gasteiger partial charge in [0.2, 0.25) is 0 Å². The molecule has 4 heteroatoms. The van der Waals surface area contributed by atoms with Crippen LogP contribution in [-0.4, -0.2) is 20.2 Å². The molecule has 0 spiro atoms. The Kier molecular flexibility index (Phi) is 3.68. The summed E-state index contributed by atoms with van der Waals surface area (Å²) >= 11 is 0. The van der Waals surface area contributed by atoms with E-state index in [1.54, 1.807) is 0 Å². The van der Waals surface area contributed by atoms with Crippen LogP contribution in [0.25, 0.3) is 44.5 Å². The third-order valence-electron chi connectivity index (χ3n) is 4.91. The summed E-state index contributed by atoms with van der Waals surface area (Å²) in [7, 11) is 0. The van der Waals surface area contributed by atoms with Gasteiger partial charge < -0.3 is 0 Å². The van der Waals surface area contributed by atoms with Crippen molar-refractivity contribution < 1.29 is 0 Å². The Labute approximate surface area is 156 Å². The highest BCUT2D eigenvalue weighted by molar-refractivity contribution is 5.95.